The first-order valence-corrected chi connectivity index (χ1v) is 11.6. The topological polar surface area (TPSA) is 172 Å². The van der Waals surface area contributed by atoms with Gasteiger partial charge in [0.25, 0.3) is 0 Å². The van der Waals surface area contributed by atoms with Crippen molar-refractivity contribution >= 4 is 29.8 Å². The number of alkyl carbamates (subject to hydrolysis) is 1. The van der Waals surface area contributed by atoms with E-state index in [0.717, 1.165) is 0 Å². The molecule has 200 valence electrons. The Bertz CT molecular complexity index is 919. The number of ether oxygens (including phenoxy) is 2. The van der Waals surface area contributed by atoms with Gasteiger partial charge in [-0.1, -0.05) is 26.0 Å². The molecule has 0 fully saturated rings. The first kappa shape index (κ1) is 30.2. The van der Waals surface area contributed by atoms with E-state index < -0.39 is 54.0 Å². The molecule has 1 rings (SSSR count). The van der Waals surface area contributed by atoms with Gasteiger partial charge in [-0.2, -0.15) is 0 Å². The van der Waals surface area contributed by atoms with Crippen LogP contribution in [0, 0.1) is 5.92 Å². The second-order valence-corrected chi connectivity index (χ2v) is 8.50. The number of phenolic OH excluding ortho intramolecular Hbond substituents is 1. The van der Waals surface area contributed by atoms with Crippen molar-refractivity contribution in [2.45, 2.75) is 65.2 Å². The minimum atomic E-state index is -1.12. The van der Waals surface area contributed by atoms with Crippen molar-refractivity contribution in [1.29, 1.82) is 0 Å². The zero-order valence-electron chi connectivity index (χ0n) is 21.4. The Morgan fingerprint density at radius 1 is 0.833 bits per heavy atom. The van der Waals surface area contributed by atoms with Gasteiger partial charge in [0.1, 0.15) is 29.9 Å². The van der Waals surface area contributed by atoms with Crippen LogP contribution >= 0.6 is 0 Å². The number of phenols is 1. The Morgan fingerprint density at radius 2 is 1.44 bits per heavy atom. The first-order valence-electron chi connectivity index (χ1n) is 11.6. The van der Waals surface area contributed by atoms with Gasteiger partial charge in [-0.25, -0.2) is 9.59 Å². The molecule has 0 saturated heterocycles. The van der Waals surface area contributed by atoms with Gasteiger partial charge in [-0.15, -0.1) is 0 Å². The van der Waals surface area contributed by atoms with Crippen LogP contribution < -0.4 is 21.3 Å². The average Bonchev–Trinajstić information content (AvgIpc) is 2.82. The van der Waals surface area contributed by atoms with Crippen LogP contribution in [-0.2, 0) is 35.1 Å². The van der Waals surface area contributed by atoms with Crippen molar-refractivity contribution in [1.82, 2.24) is 21.3 Å². The van der Waals surface area contributed by atoms with E-state index in [1.54, 1.807) is 32.9 Å². The number of methoxy groups -OCH3 is 1. The summed E-state index contributed by atoms with van der Waals surface area (Å²) >= 11 is 0. The first-order chi connectivity index (χ1) is 16.9. The van der Waals surface area contributed by atoms with Gasteiger partial charge in [-0.3, -0.25) is 14.4 Å². The third-order valence-corrected chi connectivity index (χ3v) is 5.17. The normalized spacial score (nSPS) is 14.0. The summed E-state index contributed by atoms with van der Waals surface area (Å²) in [5, 5.41) is 19.6. The zero-order chi connectivity index (χ0) is 27.4. The highest BCUT2D eigenvalue weighted by molar-refractivity contribution is 5.94. The molecule has 0 unspecified atom stereocenters. The van der Waals surface area contributed by atoms with Crippen LogP contribution in [0.4, 0.5) is 4.79 Å². The van der Waals surface area contributed by atoms with Crippen molar-refractivity contribution < 1.29 is 38.6 Å². The number of benzene rings is 1. The van der Waals surface area contributed by atoms with Gasteiger partial charge in [0, 0.05) is 6.42 Å². The fourth-order valence-electron chi connectivity index (χ4n) is 3.12. The number of carbonyl (C=O) groups excluding carboxylic acids is 5. The van der Waals surface area contributed by atoms with E-state index in [0.29, 0.717) is 5.56 Å². The summed E-state index contributed by atoms with van der Waals surface area (Å²) in [6.45, 7) is 8.06. The molecule has 1 aromatic carbocycles. The van der Waals surface area contributed by atoms with Crippen LogP contribution in [0.1, 0.15) is 40.2 Å². The quantitative estimate of drug-likeness (QED) is 0.252. The van der Waals surface area contributed by atoms with Crippen LogP contribution in [0.2, 0.25) is 0 Å². The number of hydrogen-bond donors (Lipinski definition) is 5. The Morgan fingerprint density at radius 3 is 1.97 bits per heavy atom. The van der Waals surface area contributed by atoms with Crippen LogP contribution in [0.25, 0.3) is 0 Å². The molecule has 0 saturated carbocycles. The van der Waals surface area contributed by atoms with Gasteiger partial charge in [0.05, 0.1) is 13.7 Å². The largest absolute Gasteiger partial charge is 0.508 e. The second kappa shape index (κ2) is 14.5. The van der Waals surface area contributed by atoms with E-state index in [9.17, 15) is 29.1 Å². The summed E-state index contributed by atoms with van der Waals surface area (Å²) < 4.78 is 9.38. The lowest BCUT2D eigenvalue weighted by atomic mass is 10.0. The fraction of sp³-hybridized carbons (Fsp3) is 0.542. The molecule has 1 aromatic rings. The molecule has 12 heteroatoms. The number of amides is 4. The maximum Gasteiger partial charge on any atom is 0.407 e. The molecule has 0 aliphatic carbocycles. The second-order valence-electron chi connectivity index (χ2n) is 8.50. The maximum atomic E-state index is 13.2. The summed E-state index contributed by atoms with van der Waals surface area (Å²) in [6, 6.07) is 1.98. The fourth-order valence-corrected chi connectivity index (χ4v) is 3.12. The van der Waals surface area contributed by atoms with Crippen molar-refractivity contribution in [3.63, 3.8) is 0 Å². The summed E-state index contributed by atoms with van der Waals surface area (Å²) in [7, 11) is 1.20. The van der Waals surface area contributed by atoms with Crippen LogP contribution in [0.5, 0.6) is 5.75 Å². The Kier molecular flexibility index (Phi) is 12.2. The van der Waals surface area contributed by atoms with Crippen LogP contribution in [-0.4, -0.2) is 72.8 Å². The minimum absolute atomic E-state index is 0.0346. The molecular formula is C24H36N4O8. The average molecular weight is 509 g/mol. The van der Waals surface area contributed by atoms with Gasteiger partial charge in [0.2, 0.25) is 17.7 Å². The summed E-state index contributed by atoms with van der Waals surface area (Å²) in [5.74, 6) is -2.85. The molecule has 0 heterocycles. The minimum Gasteiger partial charge on any atom is -0.508 e. The lowest BCUT2D eigenvalue weighted by molar-refractivity contribution is -0.145. The van der Waals surface area contributed by atoms with Crippen LogP contribution in [0.3, 0.4) is 0 Å². The summed E-state index contributed by atoms with van der Waals surface area (Å²) in [6.07, 6.45) is -0.745. The number of esters is 1. The van der Waals surface area contributed by atoms with Gasteiger partial charge in [-0.05, 0) is 44.4 Å². The van der Waals surface area contributed by atoms with Crippen LogP contribution in [0.15, 0.2) is 24.3 Å². The standard InChI is InChI=1S/C24H36N4O8/c1-7-36-24(34)26-14(4)20(30)27-18(12-16-8-10-17(29)11-9-16)21(31)28-19(13(2)3)22(32)25-15(5)23(33)35-6/h8-11,13-15,18-19,29H,7,12H2,1-6H3,(H,25,32)(H,26,34)(H,27,30)(H,28,31)/t14-,15-,18-,19-/m0/s1. The molecule has 36 heavy (non-hydrogen) atoms. The molecule has 0 aliphatic heterocycles. The monoisotopic (exact) mass is 508 g/mol. The molecule has 12 nitrogen and oxygen atoms in total. The number of nitrogens with one attached hydrogen (secondary N) is 4. The van der Waals surface area contributed by atoms with E-state index in [2.05, 4.69) is 26.0 Å². The lowest BCUT2D eigenvalue weighted by Crippen LogP contribution is -2.59. The number of carbonyl (C=O) groups is 5. The van der Waals surface area contributed by atoms with Gasteiger partial charge < -0.3 is 35.8 Å². The molecule has 0 aliphatic rings. The lowest BCUT2D eigenvalue weighted by Gasteiger charge is -2.27. The Labute approximate surface area is 210 Å². The van der Waals surface area contributed by atoms with E-state index in [1.807, 2.05) is 0 Å². The molecule has 0 aromatic heterocycles. The number of rotatable bonds is 12. The van der Waals surface area contributed by atoms with E-state index in [4.69, 9.17) is 4.74 Å². The third kappa shape index (κ3) is 9.80. The molecule has 0 spiro atoms. The Hall–Kier alpha value is -3.83. The van der Waals surface area contributed by atoms with Gasteiger partial charge in [0.15, 0.2) is 0 Å². The maximum absolute atomic E-state index is 13.2. The van der Waals surface area contributed by atoms with Crippen molar-refractivity contribution in [3.05, 3.63) is 29.8 Å². The predicted molar refractivity (Wildman–Crippen MR) is 130 cm³/mol. The highest BCUT2D eigenvalue weighted by atomic mass is 16.5. The molecular weight excluding hydrogens is 472 g/mol. The highest BCUT2D eigenvalue weighted by Crippen LogP contribution is 2.12. The molecule has 0 radical (unpaired) electrons. The third-order valence-electron chi connectivity index (χ3n) is 5.17. The summed E-state index contributed by atoms with van der Waals surface area (Å²) in [5.41, 5.74) is 0.629. The highest BCUT2D eigenvalue weighted by Gasteiger charge is 2.31. The number of hydrogen-bond acceptors (Lipinski definition) is 8. The van der Waals surface area contributed by atoms with E-state index in [-0.39, 0.29) is 24.7 Å². The molecule has 4 atom stereocenters. The van der Waals surface area contributed by atoms with E-state index >= 15 is 0 Å². The SMILES string of the molecule is CCOC(=O)N[C@@H](C)C(=O)N[C@@H](Cc1ccc(O)cc1)C(=O)N[C@H](C(=O)N[C@@H](C)C(=O)OC)C(C)C. The Balaban J connectivity index is 3.06. The van der Waals surface area contributed by atoms with Crippen molar-refractivity contribution in [3.8, 4) is 5.75 Å². The molecule has 5 N–H and O–H groups in total. The smallest absolute Gasteiger partial charge is 0.407 e. The zero-order valence-corrected chi connectivity index (χ0v) is 21.4. The summed E-state index contributed by atoms with van der Waals surface area (Å²) in [4.78, 5) is 62.1. The van der Waals surface area contributed by atoms with Crippen molar-refractivity contribution in [2.24, 2.45) is 5.92 Å². The predicted octanol–water partition coefficient (Wildman–Crippen LogP) is 0.373. The molecule has 4 amide bonds. The van der Waals surface area contributed by atoms with E-state index in [1.165, 1.54) is 33.1 Å². The molecule has 0 bridgehead atoms. The van der Waals surface area contributed by atoms with Gasteiger partial charge >= 0.3 is 12.1 Å². The number of aromatic hydroxyl groups is 1. The van der Waals surface area contributed by atoms with Crippen molar-refractivity contribution in [2.75, 3.05) is 13.7 Å².